The van der Waals surface area contributed by atoms with Crippen LogP contribution in [0, 0.1) is 0 Å². The van der Waals surface area contributed by atoms with Crippen LogP contribution in [-0.4, -0.2) is 15.9 Å². The Morgan fingerprint density at radius 3 is 2.19 bits per heavy atom. The van der Waals surface area contributed by atoms with Crippen LogP contribution < -0.4 is 27.1 Å². The first-order chi connectivity index (χ1) is 12.9. The van der Waals surface area contributed by atoms with Crippen LogP contribution in [0.1, 0.15) is 25.0 Å². The number of carbonyl (C=O) groups excluding carboxylic acids is 1. The Morgan fingerprint density at radius 2 is 1.56 bits per heavy atom. The molecular formula is C21H19N3O3. The molecule has 0 aliphatic carbocycles. The molecule has 3 aromatic rings. The largest absolute Gasteiger partial charge is 0.326 e. The van der Waals surface area contributed by atoms with E-state index < -0.39 is 0 Å². The summed E-state index contributed by atoms with van der Waals surface area (Å²) in [5, 5.41) is 3.09. The molecule has 1 amide bonds. The molecule has 0 saturated heterocycles. The number of carbonyl (C=O) groups is 1. The number of nitrogens with one attached hydrogen (secondary N) is 3. The van der Waals surface area contributed by atoms with Crippen molar-refractivity contribution in [3.63, 3.8) is 0 Å². The van der Waals surface area contributed by atoms with E-state index in [4.69, 9.17) is 0 Å². The average molecular weight is 361 g/mol. The lowest BCUT2D eigenvalue weighted by Crippen LogP contribution is -2.47. The fourth-order valence-corrected chi connectivity index (χ4v) is 2.71. The van der Waals surface area contributed by atoms with E-state index in [1.54, 1.807) is 37.3 Å². The molecule has 0 radical (unpaired) electrons. The van der Waals surface area contributed by atoms with Gasteiger partial charge in [-0.25, -0.2) is 0 Å². The van der Waals surface area contributed by atoms with Crippen molar-refractivity contribution < 1.29 is 4.79 Å². The van der Waals surface area contributed by atoms with Crippen LogP contribution in [0.15, 0.2) is 64.2 Å². The van der Waals surface area contributed by atoms with E-state index in [0.29, 0.717) is 11.3 Å². The monoisotopic (exact) mass is 361 g/mol. The summed E-state index contributed by atoms with van der Waals surface area (Å²) in [6.07, 6.45) is 1.63. The number of hydrogen-bond acceptors (Lipinski definition) is 3. The van der Waals surface area contributed by atoms with Gasteiger partial charge in [0.1, 0.15) is 10.7 Å². The second-order valence-electron chi connectivity index (χ2n) is 6.14. The van der Waals surface area contributed by atoms with Crippen molar-refractivity contribution in [3.05, 3.63) is 97.1 Å². The molecular weight excluding hydrogens is 342 g/mol. The van der Waals surface area contributed by atoms with Gasteiger partial charge in [0.2, 0.25) is 5.91 Å². The Kier molecular flexibility index (Phi) is 5.17. The van der Waals surface area contributed by atoms with Crippen molar-refractivity contribution in [2.75, 3.05) is 5.32 Å². The zero-order valence-electron chi connectivity index (χ0n) is 15.0. The quantitative estimate of drug-likeness (QED) is 0.651. The van der Waals surface area contributed by atoms with Crippen molar-refractivity contribution in [2.24, 2.45) is 0 Å². The van der Waals surface area contributed by atoms with E-state index in [-0.39, 0.29) is 27.7 Å². The van der Waals surface area contributed by atoms with E-state index >= 15 is 0 Å². The summed E-state index contributed by atoms with van der Waals surface area (Å²) in [4.78, 5) is 41.3. The van der Waals surface area contributed by atoms with E-state index in [0.717, 1.165) is 11.1 Å². The van der Waals surface area contributed by atoms with Crippen molar-refractivity contribution in [2.45, 2.75) is 13.8 Å². The SMILES string of the molecule is CC(=O)Nc1ccc(C(C)=c2[nH]c(=O)c(=Cc3ccccc3)[nH]c2=O)cc1. The van der Waals surface area contributed by atoms with Gasteiger partial charge in [-0.05, 0) is 41.8 Å². The third-order valence-corrected chi connectivity index (χ3v) is 4.08. The Balaban J connectivity index is 2.07. The lowest BCUT2D eigenvalue weighted by molar-refractivity contribution is -0.114. The van der Waals surface area contributed by atoms with Crippen LogP contribution in [0.5, 0.6) is 0 Å². The molecule has 3 rings (SSSR count). The van der Waals surface area contributed by atoms with Crippen LogP contribution in [0.25, 0.3) is 11.6 Å². The summed E-state index contributed by atoms with van der Waals surface area (Å²) in [7, 11) is 0. The number of amides is 1. The van der Waals surface area contributed by atoms with Gasteiger partial charge >= 0.3 is 0 Å². The minimum absolute atomic E-state index is 0.158. The topological polar surface area (TPSA) is 94.8 Å². The molecule has 136 valence electrons. The zero-order valence-corrected chi connectivity index (χ0v) is 15.0. The van der Waals surface area contributed by atoms with Crippen LogP contribution in [0.4, 0.5) is 5.69 Å². The first-order valence-electron chi connectivity index (χ1n) is 8.42. The zero-order chi connectivity index (χ0) is 19.4. The normalized spacial score (nSPS) is 12.6. The fraction of sp³-hybridized carbons (Fsp3) is 0.0952. The number of benzene rings is 2. The van der Waals surface area contributed by atoms with Gasteiger partial charge in [0, 0.05) is 12.6 Å². The highest BCUT2D eigenvalue weighted by molar-refractivity contribution is 5.88. The molecule has 0 aliphatic heterocycles. The molecule has 6 nitrogen and oxygen atoms in total. The molecule has 1 heterocycles. The van der Waals surface area contributed by atoms with E-state index in [1.165, 1.54) is 6.92 Å². The summed E-state index contributed by atoms with van der Waals surface area (Å²) in [6.45, 7) is 3.19. The predicted molar refractivity (Wildman–Crippen MR) is 106 cm³/mol. The molecule has 27 heavy (non-hydrogen) atoms. The number of H-pyrrole nitrogens is 2. The maximum Gasteiger partial charge on any atom is 0.272 e. The highest BCUT2D eigenvalue weighted by Crippen LogP contribution is 2.14. The van der Waals surface area contributed by atoms with Gasteiger partial charge in [-0.1, -0.05) is 42.5 Å². The maximum atomic E-state index is 12.5. The Labute approximate surface area is 154 Å². The van der Waals surface area contributed by atoms with Gasteiger partial charge in [0.15, 0.2) is 0 Å². The second kappa shape index (κ2) is 7.70. The van der Waals surface area contributed by atoms with E-state index in [1.807, 2.05) is 30.3 Å². The molecule has 0 saturated carbocycles. The standard InChI is InChI=1S/C21H19N3O3/c1-13(16-8-10-17(11-9-16)22-14(2)25)19-21(27)23-18(20(26)24-19)12-15-6-4-3-5-7-15/h3-12H,1-2H3,(H,22,25)(H,23,27)(H,24,26). The number of anilines is 1. The molecule has 0 unspecified atom stereocenters. The van der Waals surface area contributed by atoms with Gasteiger partial charge in [-0.2, -0.15) is 0 Å². The highest BCUT2D eigenvalue weighted by atomic mass is 16.1. The molecule has 6 heteroatoms. The lowest BCUT2D eigenvalue weighted by Gasteiger charge is -2.05. The summed E-state index contributed by atoms with van der Waals surface area (Å²) in [5.74, 6) is -0.158. The van der Waals surface area contributed by atoms with E-state index in [9.17, 15) is 14.4 Å². The third kappa shape index (κ3) is 4.30. The molecule has 1 aromatic heterocycles. The Hall–Kier alpha value is -3.67. The van der Waals surface area contributed by atoms with E-state index in [2.05, 4.69) is 15.3 Å². The van der Waals surface area contributed by atoms with Crippen LogP contribution in [-0.2, 0) is 4.79 Å². The van der Waals surface area contributed by atoms with Crippen molar-refractivity contribution >= 4 is 23.2 Å². The van der Waals surface area contributed by atoms with Crippen molar-refractivity contribution in [1.29, 1.82) is 0 Å². The summed E-state index contributed by atoms with van der Waals surface area (Å²) >= 11 is 0. The molecule has 0 fully saturated rings. The second-order valence-corrected chi connectivity index (χ2v) is 6.14. The summed E-state index contributed by atoms with van der Waals surface area (Å²) < 4.78 is 0. The molecule has 0 atom stereocenters. The Bertz CT molecular complexity index is 1200. The van der Waals surface area contributed by atoms with Gasteiger partial charge in [-0.15, -0.1) is 0 Å². The first-order valence-corrected chi connectivity index (χ1v) is 8.42. The van der Waals surface area contributed by atoms with Crippen molar-refractivity contribution in [3.8, 4) is 0 Å². The fourth-order valence-electron chi connectivity index (χ4n) is 2.71. The number of rotatable bonds is 3. The van der Waals surface area contributed by atoms with Gasteiger partial charge in [-0.3, -0.25) is 14.4 Å². The minimum Gasteiger partial charge on any atom is -0.326 e. The van der Waals surface area contributed by atoms with Crippen molar-refractivity contribution in [1.82, 2.24) is 9.97 Å². The lowest BCUT2D eigenvalue weighted by atomic mass is 10.1. The third-order valence-electron chi connectivity index (χ3n) is 4.08. The van der Waals surface area contributed by atoms with Crippen LogP contribution in [0.2, 0.25) is 0 Å². The van der Waals surface area contributed by atoms with Crippen LogP contribution >= 0.6 is 0 Å². The number of aromatic amines is 2. The predicted octanol–water partition coefficient (Wildman–Crippen LogP) is 1.07. The minimum atomic E-state index is -0.375. The molecule has 0 spiro atoms. The molecule has 0 bridgehead atoms. The van der Waals surface area contributed by atoms with Gasteiger partial charge in [0.05, 0.1) is 0 Å². The van der Waals surface area contributed by atoms with Crippen LogP contribution in [0.3, 0.4) is 0 Å². The number of aromatic nitrogens is 2. The Morgan fingerprint density at radius 1 is 0.889 bits per heavy atom. The number of hydrogen-bond donors (Lipinski definition) is 3. The molecule has 2 aromatic carbocycles. The van der Waals surface area contributed by atoms with Gasteiger partial charge in [0.25, 0.3) is 11.1 Å². The summed E-state index contributed by atoms with van der Waals surface area (Å²) in [6, 6.07) is 16.3. The summed E-state index contributed by atoms with van der Waals surface area (Å²) in [5.41, 5.74) is 2.14. The van der Waals surface area contributed by atoms with Gasteiger partial charge < -0.3 is 15.3 Å². The maximum absolute atomic E-state index is 12.5. The highest BCUT2D eigenvalue weighted by Gasteiger charge is 2.03. The average Bonchev–Trinajstić information content (AvgIpc) is 2.65. The first kappa shape index (κ1) is 18.1. The molecule has 3 N–H and O–H groups in total. The smallest absolute Gasteiger partial charge is 0.272 e. The molecule has 0 aliphatic rings.